The highest BCUT2D eigenvalue weighted by molar-refractivity contribution is 6.31. The highest BCUT2D eigenvalue weighted by Crippen LogP contribution is 2.33. The van der Waals surface area contributed by atoms with Crippen LogP contribution in [0.25, 0.3) is 0 Å². The van der Waals surface area contributed by atoms with Crippen molar-refractivity contribution in [3.8, 4) is 0 Å². The van der Waals surface area contributed by atoms with E-state index in [4.69, 9.17) is 16.0 Å². The van der Waals surface area contributed by atoms with Gasteiger partial charge >= 0.3 is 0 Å². The fourth-order valence-corrected chi connectivity index (χ4v) is 2.63. The predicted molar refractivity (Wildman–Crippen MR) is 82.8 cm³/mol. The second-order valence-electron chi connectivity index (χ2n) is 4.71. The van der Waals surface area contributed by atoms with Crippen LogP contribution in [-0.2, 0) is 0 Å². The lowest BCUT2D eigenvalue weighted by Crippen LogP contribution is -2.14. The third-order valence-electron chi connectivity index (χ3n) is 3.38. The first-order chi connectivity index (χ1) is 10.3. The lowest BCUT2D eigenvalue weighted by Gasteiger charge is -2.17. The van der Waals surface area contributed by atoms with E-state index < -0.39 is 5.92 Å². The molecule has 0 N–H and O–H groups in total. The summed E-state index contributed by atoms with van der Waals surface area (Å²) in [4.78, 5) is 12.8. The third kappa shape index (κ3) is 2.76. The summed E-state index contributed by atoms with van der Waals surface area (Å²) in [6.45, 7) is 0. The quantitative estimate of drug-likeness (QED) is 0.638. The number of carbonyl (C=O) groups excluding carboxylic acids is 1. The molecule has 0 aliphatic carbocycles. The summed E-state index contributed by atoms with van der Waals surface area (Å²) in [6.07, 6.45) is 1.50. The van der Waals surface area contributed by atoms with E-state index in [2.05, 4.69) is 0 Å². The Hall–Kier alpha value is -2.32. The Labute approximate surface area is 128 Å². The van der Waals surface area contributed by atoms with E-state index in [0.717, 1.165) is 11.1 Å². The van der Waals surface area contributed by atoms with Crippen LogP contribution in [0.1, 0.15) is 27.6 Å². The van der Waals surface area contributed by atoms with Gasteiger partial charge in [-0.25, -0.2) is 0 Å². The molecule has 21 heavy (non-hydrogen) atoms. The number of rotatable bonds is 4. The van der Waals surface area contributed by atoms with Crippen molar-refractivity contribution in [2.45, 2.75) is 5.92 Å². The van der Waals surface area contributed by atoms with Crippen LogP contribution in [-0.4, -0.2) is 5.78 Å². The van der Waals surface area contributed by atoms with Gasteiger partial charge in [0.1, 0.15) is 0 Å². The van der Waals surface area contributed by atoms with Gasteiger partial charge < -0.3 is 4.42 Å². The zero-order chi connectivity index (χ0) is 14.7. The van der Waals surface area contributed by atoms with E-state index in [1.165, 1.54) is 6.26 Å². The lowest BCUT2D eigenvalue weighted by atomic mass is 9.86. The molecule has 3 aromatic rings. The maximum atomic E-state index is 12.8. The molecule has 104 valence electrons. The molecule has 3 heteroatoms. The fraction of sp³-hybridized carbons (Fsp3) is 0.0556. The minimum atomic E-state index is -0.467. The first kappa shape index (κ1) is 13.7. The van der Waals surface area contributed by atoms with Crippen molar-refractivity contribution in [2.24, 2.45) is 0 Å². The molecular weight excluding hydrogens is 284 g/mol. The second kappa shape index (κ2) is 5.98. The number of ketones is 1. The van der Waals surface area contributed by atoms with Gasteiger partial charge in [0.15, 0.2) is 5.76 Å². The Morgan fingerprint density at radius 1 is 0.905 bits per heavy atom. The van der Waals surface area contributed by atoms with Crippen molar-refractivity contribution in [1.29, 1.82) is 0 Å². The Balaban J connectivity index is 2.12. The van der Waals surface area contributed by atoms with Crippen LogP contribution in [0, 0.1) is 0 Å². The topological polar surface area (TPSA) is 30.2 Å². The molecule has 0 aliphatic rings. The molecule has 2 aromatic carbocycles. The monoisotopic (exact) mass is 296 g/mol. The molecular formula is C18H13ClO2. The van der Waals surface area contributed by atoms with E-state index in [9.17, 15) is 4.79 Å². The van der Waals surface area contributed by atoms with Crippen LogP contribution in [0.2, 0.25) is 5.02 Å². The molecule has 1 aromatic heterocycles. The number of furan rings is 1. The molecule has 0 bridgehead atoms. The molecule has 0 unspecified atom stereocenters. The molecule has 1 heterocycles. The third-order valence-corrected chi connectivity index (χ3v) is 3.72. The van der Waals surface area contributed by atoms with Crippen molar-refractivity contribution in [3.63, 3.8) is 0 Å². The molecule has 0 radical (unpaired) electrons. The molecule has 0 aliphatic heterocycles. The number of carbonyl (C=O) groups is 1. The van der Waals surface area contributed by atoms with Crippen molar-refractivity contribution < 1.29 is 9.21 Å². The van der Waals surface area contributed by atoms with Gasteiger partial charge in [0, 0.05) is 5.02 Å². The number of halogens is 1. The molecule has 3 rings (SSSR count). The summed E-state index contributed by atoms with van der Waals surface area (Å²) < 4.78 is 5.27. The SMILES string of the molecule is O=C(c1ccco1)[C@H](c1ccccc1)c1ccccc1Cl. The average Bonchev–Trinajstić information content (AvgIpc) is 3.05. The van der Waals surface area contributed by atoms with E-state index in [1.54, 1.807) is 18.2 Å². The maximum Gasteiger partial charge on any atom is 0.209 e. The van der Waals surface area contributed by atoms with Crippen LogP contribution in [0.15, 0.2) is 77.4 Å². The van der Waals surface area contributed by atoms with Gasteiger partial charge in [-0.2, -0.15) is 0 Å². The summed E-state index contributed by atoms with van der Waals surface area (Å²) >= 11 is 6.29. The van der Waals surface area contributed by atoms with Crippen LogP contribution < -0.4 is 0 Å². The summed E-state index contributed by atoms with van der Waals surface area (Å²) in [5.41, 5.74) is 1.68. The first-order valence-corrected chi connectivity index (χ1v) is 7.02. The minimum absolute atomic E-state index is 0.0979. The summed E-state index contributed by atoms with van der Waals surface area (Å²) in [5, 5.41) is 0.575. The summed E-state index contributed by atoms with van der Waals surface area (Å²) in [6, 6.07) is 20.4. The number of benzene rings is 2. The van der Waals surface area contributed by atoms with Crippen LogP contribution in [0.4, 0.5) is 0 Å². The molecule has 0 fully saturated rings. The van der Waals surface area contributed by atoms with Crippen molar-refractivity contribution in [1.82, 2.24) is 0 Å². The minimum Gasteiger partial charge on any atom is -0.461 e. The summed E-state index contributed by atoms with van der Waals surface area (Å²) in [5.74, 6) is -0.228. The normalized spacial score (nSPS) is 12.0. The number of hydrogen-bond donors (Lipinski definition) is 0. The first-order valence-electron chi connectivity index (χ1n) is 6.64. The lowest BCUT2D eigenvalue weighted by molar-refractivity contribution is 0.0947. The molecule has 0 spiro atoms. The Kier molecular flexibility index (Phi) is 3.89. The zero-order valence-electron chi connectivity index (χ0n) is 11.2. The van der Waals surface area contributed by atoms with Crippen LogP contribution >= 0.6 is 11.6 Å². The van der Waals surface area contributed by atoms with E-state index >= 15 is 0 Å². The van der Waals surface area contributed by atoms with Gasteiger partial charge in [-0.3, -0.25) is 4.79 Å². The largest absolute Gasteiger partial charge is 0.461 e. The highest BCUT2D eigenvalue weighted by atomic mass is 35.5. The number of Topliss-reactive ketones (excluding diaryl/α,β-unsaturated/α-hetero) is 1. The van der Waals surface area contributed by atoms with Gasteiger partial charge in [0.25, 0.3) is 0 Å². The number of hydrogen-bond acceptors (Lipinski definition) is 2. The summed E-state index contributed by atoms with van der Waals surface area (Å²) in [7, 11) is 0. The van der Waals surface area contributed by atoms with E-state index in [0.29, 0.717) is 10.8 Å². The van der Waals surface area contributed by atoms with E-state index in [1.807, 2.05) is 48.5 Å². The maximum absolute atomic E-state index is 12.8. The van der Waals surface area contributed by atoms with Gasteiger partial charge in [-0.15, -0.1) is 0 Å². The van der Waals surface area contributed by atoms with Gasteiger partial charge in [-0.05, 0) is 29.3 Å². The molecule has 0 saturated carbocycles. The van der Waals surface area contributed by atoms with Crippen molar-refractivity contribution >= 4 is 17.4 Å². The van der Waals surface area contributed by atoms with Crippen LogP contribution in [0.3, 0.4) is 0 Å². The van der Waals surface area contributed by atoms with Crippen molar-refractivity contribution in [2.75, 3.05) is 0 Å². The van der Waals surface area contributed by atoms with Gasteiger partial charge in [-0.1, -0.05) is 60.1 Å². The Bertz CT molecular complexity index is 733. The second-order valence-corrected chi connectivity index (χ2v) is 5.11. The van der Waals surface area contributed by atoms with Gasteiger partial charge in [0.2, 0.25) is 5.78 Å². The molecule has 1 atom stereocenters. The fourth-order valence-electron chi connectivity index (χ4n) is 2.39. The van der Waals surface area contributed by atoms with E-state index in [-0.39, 0.29) is 5.78 Å². The smallest absolute Gasteiger partial charge is 0.209 e. The zero-order valence-corrected chi connectivity index (χ0v) is 12.0. The van der Waals surface area contributed by atoms with Crippen LogP contribution in [0.5, 0.6) is 0 Å². The predicted octanol–water partition coefficient (Wildman–Crippen LogP) is 4.95. The molecule has 2 nitrogen and oxygen atoms in total. The van der Waals surface area contributed by atoms with Crippen molar-refractivity contribution in [3.05, 3.63) is 94.9 Å². The molecule has 0 saturated heterocycles. The highest BCUT2D eigenvalue weighted by Gasteiger charge is 2.27. The standard InChI is InChI=1S/C18H13ClO2/c19-15-10-5-4-9-14(15)17(13-7-2-1-3-8-13)18(20)16-11-6-12-21-16/h1-12,17H/t17-/m1/s1. The Morgan fingerprint density at radius 3 is 2.29 bits per heavy atom. The average molecular weight is 297 g/mol. The van der Waals surface area contributed by atoms with Gasteiger partial charge in [0.05, 0.1) is 12.2 Å². The molecule has 0 amide bonds. The Morgan fingerprint density at radius 2 is 1.62 bits per heavy atom.